The zero-order chi connectivity index (χ0) is 20.5. The average Bonchev–Trinajstić information content (AvgIpc) is 2.81. The first-order valence-corrected chi connectivity index (χ1v) is 11.2. The van der Waals surface area contributed by atoms with Gasteiger partial charge in [0.05, 0.1) is 5.56 Å². The number of fused-ring (bicyclic) bond motifs is 3. The SMILES string of the molecule is O=C(NC1CN2CCC1CC2)c1ccc(=O)n(C2=CC=CCC2C2=CC=CCC2)c1. The van der Waals surface area contributed by atoms with Gasteiger partial charge in [-0.2, -0.15) is 0 Å². The van der Waals surface area contributed by atoms with Crippen LogP contribution in [-0.4, -0.2) is 41.1 Å². The maximum Gasteiger partial charge on any atom is 0.254 e. The normalized spacial score (nSPS) is 30.0. The quantitative estimate of drug-likeness (QED) is 0.839. The van der Waals surface area contributed by atoms with Gasteiger partial charge in [-0.1, -0.05) is 36.0 Å². The van der Waals surface area contributed by atoms with Crippen LogP contribution in [0.1, 0.15) is 42.5 Å². The van der Waals surface area contributed by atoms with Crippen LogP contribution in [0.25, 0.3) is 5.70 Å². The van der Waals surface area contributed by atoms with Crippen molar-refractivity contribution in [2.24, 2.45) is 11.8 Å². The van der Waals surface area contributed by atoms with Gasteiger partial charge in [-0.25, -0.2) is 0 Å². The monoisotopic (exact) mass is 403 g/mol. The molecule has 3 fully saturated rings. The molecule has 30 heavy (non-hydrogen) atoms. The molecule has 5 nitrogen and oxygen atoms in total. The summed E-state index contributed by atoms with van der Waals surface area (Å²) in [6, 6.07) is 3.40. The van der Waals surface area contributed by atoms with E-state index < -0.39 is 0 Å². The van der Waals surface area contributed by atoms with Crippen LogP contribution in [0.5, 0.6) is 0 Å². The predicted molar refractivity (Wildman–Crippen MR) is 119 cm³/mol. The van der Waals surface area contributed by atoms with Crippen LogP contribution < -0.4 is 10.9 Å². The molecular weight excluding hydrogens is 374 g/mol. The van der Waals surface area contributed by atoms with Crippen LogP contribution in [0.15, 0.2) is 65.2 Å². The summed E-state index contributed by atoms with van der Waals surface area (Å²) < 4.78 is 1.68. The number of piperidine rings is 3. The molecule has 2 atom stereocenters. The average molecular weight is 404 g/mol. The van der Waals surface area contributed by atoms with E-state index in [9.17, 15) is 9.59 Å². The smallest absolute Gasteiger partial charge is 0.254 e. The Kier molecular flexibility index (Phi) is 5.30. The number of hydrogen-bond donors (Lipinski definition) is 1. The van der Waals surface area contributed by atoms with Gasteiger partial charge in [-0.15, -0.1) is 0 Å². The maximum atomic E-state index is 13.0. The van der Waals surface area contributed by atoms with E-state index in [0.717, 1.165) is 57.4 Å². The molecule has 0 spiro atoms. The molecule has 1 aromatic rings. The van der Waals surface area contributed by atoms with Crippen molar-refractivity contribution in [3.05, 3.63) is 76.3 Å². The number of pyridine rings is 1. The second kappa shape index (κ2) is 8.23. The molecule has 2 aliphatic carbocycles. The Balaban J connectivity index is 1.40. The Bertz CT molecular complexity index is 1010. The first-order chi connectivity index (χ1) is 14.7. The number of allylic oxidation sites excluding steroid dienone is 8. The predicted octanol–water partition coefficient (Wildman–Crippen LogP) is 3.37. The van der Waals surface area contributed by atoms with Crippen molar-refractivity contribution in [2.75, 3.05) is 19.6 Å². The molecule has 0 radical (unpaired) electrons. The first kappa shape index (κ1) is 19.3. The number of amides is 1. The van der Waals surface area contributed by atoms with E-state index in [4.69, 9.17) is 0 Å². The Labute approximate surface area is 177 Å². The van der Waals surface area contributed by atoms with Crippen LogP contribution in [-0.2, 0) is 0 Å². The molecule has 2 bridgehead atoms. The fraction of sp³-hybridized carbons (Fsp3) is 0.440. The van der Waals surface area contributed by atoms with Gasteiger partial charge in [0, 0.05) is 36.5 Å². The van der Waals surface area contributed by atoms with E-state index in [1.807, 2.05) is 12.2 Å². The highest BCUT2D eigenvalue weighted by atomic mass is 16.2. The molecule has 3 saturated heterocycles. The number of nitrogens with one attached hydrogen (secondary N) is 1. The summed E-state index contributed by atoms with van der Waals surface area (Å²) in [4.78, 5) is 28.2. The van der Waals surface area contributed by atoms with E-state index in [1.165, 1.54) is 11.6 Å². The van der Waals surface area contributed by atoms with Gasteiger partial charge in [-0.3, -0.25) is 14.2 Å². The third kappa shape index (κ3) is 3.74. The number of hydrogen-bond acceptors (Lipinski definition) is 3. The van der Waals surface area contributed by atoms with Gasteiger partial charge in [0.2, 0.25) is 0 Å². The lowest BCUT2D eigenvalue weighted by Gasteiger charge is -2.44. The molecule has 156 valence electrons. The minimum Gasteiger partial charge on any atom is -0.348 e. The summed E-state index contributed by atoms with van der Waals surface area (Å²) in [7, 11) is 0. The third-order valence-electron chi connectivity index (χ3n) is 7.05. The Morgan fingerprint density at radius 2 is 1.90 bits per heavy atom. The molecule has 1 aromatic heterocycles. The Morgan fingerprint density at radius 1 is 1.07 bits per heavy atom. The number of aromatic nitrogens is 1. The van der Waals surface area contributed by atoms with E-state index in [2.05, 4.69) is 34.5 Å². The zero-order valence-corrected chi connectivity index (χ0v) is 17.3. The highest BCUT2D eigenvalue weighted by Gasteiger charge is 2.35. The minimum absolute atomic E-state index is 0.0779. The summed E-state index contributed by atoms with van der Waals surface area (Å²) >= 11 is 0. The number of rotatable bonds is 4. The standard InChI is InChI=1S/C25H29N3O2/c29-24-11-10-20(25(30)26-22-17-27-14-12-19(22)13-15-27)16-28(24)23-9-5-4-8-21(23)18-6-2-1-3-7-18/h1-2,4-6,9-11,16,19,21-22H,3,7-8,12-15,17H2,(H,26,30). The van der Waals surface area contributed by atoms with Crippen molar-refractivity contribution >= 4 is 11.6 Å². The van der Waals surface area contributed by atoms with Crippen LogP contribution in [0, 0.1) is 11.8 Å². The van der Waals surface area contributed by atoms with E-state index in [0.29, 0.717) is 11.5 Å². The number of carbonyl (C=O) groups is 1. The van der Waals surface area contributed by atoms with E-state index in [1.54, 1.807) is 16.8 Å². The summed E-state index contributed by atoms with van der Waals surface area (Å²) in [5, 5.41) is 3.24. The Morgan fingerprint density at radius 3 is 2.63 bits per heavy atom. The molecule has 1 amide bonds. The van der Waals surface area contributed by atoms with Crippen molar-refractivity contribution in [1.82, 2.24) is 14.8 Å². The molecule has 0 saturated carbocycles. The fourth-order valence-corrected chi connectivity index (χ4v) is 5.32. The molecule has 1 N–H and O–H groups in total. The van der Waals surface area contributed by atoms with Crippen LogP contribution in [0.2, 0.25) is 0 Å². The number of carbonyl (C=O) groups excluding carboxylic acids is 1. The van der Waals surface area contributed by atoms with Gasteiger partial charge in [0.1, 0.15) is 0 Å². The second-order valence-electron chi connectivity index (χ2n) is 8.86. The molecule has 3 aliphatic heterocycles. The highest BCUT2D eigenvalue weighted by Crippen LogP contribution is 2.34. The summed E-state index contributed by atoms with van der Waals surface area (Å²) in [5.74, 6) is 0.676. The van der Waals surface area contributed by atoms with Gasteiger partial charge in [0.25, 0.3) is 11.5 Å². The zero-order valence-electron chi connectivity index (χ0n) is 17.3. The summed E-state index contributed by atoms with van der Waals surface area (Å²) in [5.41, 5.74) is 2.77. The lowest BCUT2D eigenvalue weighted by atomic mass is 9.84. The molecule has 2 unspecified atom stereocenters. The van der Waals surface area contributed by atoms with Crippen molar-refractivity contribution < 1.29 is 4.79 Å². The largest absolute Gasteiger partial charge is 0.348 e. The van der Waals surface area contributed by atoms with Crippen molar-refractivity contribution in [3.8, 4) is 0 Å². The molecule has 5 aliphatic rings. The highest BCUT2D eigenvalue weighted by molar-refractivity contribution is 5.94. The van der Waals surface area contributed by atoms with Crippen LogP contribution >= 0.6 is 0 Å². The van der Waals surface area contributed by atoms with Crippen molar-refractivity contribution in [1.29, 1.82) is 0 Å². The van der Waals surface area contributed by atoms with E-state index >= 15 is 0 Å². The minimum atomic E-state index is -0.0899. The number of nitrogens with zero attached hydrogens (tertiary/aromatic N) is 2. The molecule has 5 heteroatoms. The fourth-order valence-electron chi connectivity index (χ4n) is 5.32. The molecule has 4 heterocycles. The lowest BCUT2D eigenvalue weighted by molar-refractivity contribution is 0.0620. The summed E-state index contributed by atoms with van der Waals surface area (Å²) in [6.07, 6.45) is 19.6. The first-order valence-electron chi connectivity index (χ1n) is 11.2. The summed E-state index contributed by atoms with van der Waals surface area (Å²) in [6.45, 7) is 3.24. The second-order valence-corrected chi connectivity index (χ2v) is 8.86. The van der Waals surface area contributed by atoms with E-state index in [-0.39, 0.29) is 23.4 Å². The van der Waals surface area contributed by atoms with Gasteiger partial charge < -0.3 is 10.2 Å². The van der Waals surface area contributed by atoms with Gasteiger partial charge >= 0.3 is 0 Å². The van der Waals surface area contributed by atoms with Gasteiger partial charge in [0.15, 0.2) is 0 Å². The third-order valence-corrected chi connectivity index (χ3v) is 7.05. The van der Waals surface area contributed by atoms with Crippen LogP contribution in [0.4, 0.5) is 0 Å². The molecule has 0 aromatic carbocycles. The van der Waals surface area contributed by atoms with Gasteiger partial charge in [-0.05, 0) is 63.3 Å². The topological polar surface area (TPSA) is 54.3 Å². The molecule has 6 rings (SSSR count). The molecular formula is C25H29N3O2. The van der Waals surface area contributed by atoms with Crippen LogP contribution in [0.3, 0.4) is 0 Å². The Hall–Kier alpha value is -2.66. The van der Waals surface area contributed by atoms with Crippen molar-refractivity contribution in [2.45, 2.75) is 38.1 Å². The van der Waals surface area contributed by atoms with Crippen molar-refractivity contribution in [3.63, 3.8) is 0 Å². The maximum absolute atomic E-state index is 13.0. The lowest BCUT2D eigenvalue weighted by Crippen LogP contribution is -2.57.